The van der Waals surface area contributed by atoms with Gasteiger partial charge in [-0.05, 0) is 50.0 Å². The van der Waals surface area contributed by atoms with Crippen molar-refractivity contribution in [2.75, 3.05) is 19.6 Å². The third-order valence-electron chi connectivity index (χ3n) is 4.30. The number of rotatable bonds is 9. The van der Waals surface area contributed by atoms with E-state index in [1.54, 1.807) is 12.1 Å². The number of hydrogen-bond acceptors (Lipinski definition) is 2. The quantitative estimate of drug-likeness (QED) is 0.756. The van der Waals surface area contributed by atoms with E-state index in [0.29, 0.717) is 19.0 Å². The topological polar surface area (TPSA) is 32.3 Å². The van der Waals surface area contributed by atoms with Crippen LogP contribution in [0.15, 0.2) is 24.3 Å². The summed E-state index contributed by atoms with van der Waals surface area (Å²) in [5.41, 5.74) is 1.02. The number of carbonyl (C=O) groups is 1. The lowest BCUT2D eigenvalue weighted by Crippen LogP contribution is -2.42. The molecule has 0 aliphatic carbocycles. The Hall–Kier alpha value is -1.42. The highest BCUT2D eigenvalue weighted by Gasteiger charge is 2.16. The van der Waals surface area contributed by atoms with Crippen molar-refractivity contribution in [3.05, 3.63) is 35.6 Å². The van der Waals surface area contributed by atoms with E-state index in [1.807, 2.05) is 0 Å². The summed E-state index contributed by atoms with van der Waals surface area (Å²) in [5.74, 6) is -0.0318. The van der Waals surface area contributed by atoms with Gasteiger partial charge in [0.05, 0.1) is 0 Å². The third-order valence-corrected chi connectivity index (χ3v) is 4.30. The van der Waals surface area contributed by atoms with Gasteiger partial charge in [-0.15, -0.1) is 0 Å². The summed E-state index contributed by atoms with van der Waals surface area (Å²) in [6.07, 6.45) is 1.32. The van der Waals surface area contributed by atoms with Crippen LogP contribution in [0.5, 0.6) is 0 Å². The number of halogens is 1. The zero-order chi connectivity index (χ0) is 16.5. The Balaban J connectivity index is 2.50. The van der Waals surface area contributed by atoms with Crippen molar-refractivity contribution in [2.45, 2.75) is 52.5 Å². The smallest absolute Gasteiger partial charge is 0.220 e. The molecule has 1 rings (SSSR count). The van der Waals surface area contributed by atoms with Gasteiger partial charge in [-0.2, -0.15) is 0 Å². The van der Waals surface area contributed by atoms with Crippen LogP contribution in [-0.2, 0) is 4.79 Å². The molecule has 0 spiro atoms. The maximum Gasteiger partial charge on any atom is 0.220 e. The molecule has 1 aromatic rings. The van der Waals surface area contributed by atoms with Gasteiger partial charge in [-0.1, -0.05) is 32.9 Å². The van der Waals surface area contributed by atoms with E-state index in [-0.39, 0.29) is 17.6 Å². The van der Waals surface area contributed by atoms with E-state index in [2.05, 4.69) is 37.9 Å². The van der Waals surface area contributed by atoms with Gasteiger partial charge in [0.15, 0.2) is 0 Å². The summed E-state index contributed by atoms with van der Waals surface area (Å²) in [5, 5.41) is 3.02. The largest absolute Gasteiger partial charge is 0.355 e. The first-order valence-corrected chi connectivity index (χ1v) is 8.27. The Morgan fingerprint density at radius 1 is 1.18 bits per heavy atom. The molecule has 0 aliphatic heterocycles. The highest BCUT2D eigenvalue weighted by molar-refractivity contribution is 5.76. The summed E-state index contributed by atoms with van der Waals surface area (Å²) >= 11 is 0. The van der Waals surface area contributed by atoms with E-state index in [0.717, 1.165) is 25.1 Å². The molecule has 1 amide bonds. The summed E-state index contributed by atoms with van der Waals surface area (Å²) in [6, 6.07) is 6.80. The first kappa shape index (κ1) is 18.6. The molecule has 22 heavy (non-hydrogen) atoms. The molecule has 0 heterocycles. The lowest BCUT2D eigenvalue weighted by Gasteiger charge is -2.26. The van der Waals surface area contributed by atoms with E-state index >= 15 is 0 Å². The number of likely N-dealkylation sites (N-methyl/N-ethyl adjacent to an activating group) is 1. The fourth-order valence-electron chi connectivity index (χ4n) is 2.77. The zero-order valence-corrected chi connectivity index (χ0v) is 14.2. The minimum absolute atomic E-state index is 0.0650. The normalized spacial score (nSPS) is 13.9. The highest BCUT2D eigenvalue weighted by Crippen LogP contribution is 2.23. The zero-order valence-electron chi connectivity index (χ0n) is 14.2. The van der Waals surface area contributed by atoms with Crippen molar-refractivity contribution in [2.24, 2.45) is 0 Å². The number of benzene rings is 1. The third kappa shape index (κ3) is 5.76. The van der Waals surface area contributed by atoms with Gasteiger partial charge < -0.3 is 5.32 Å². The van der Waals surface area contributed by atoms with E-state index in [1.165, 1.54) is 12.1 Å². The molecule has 0 saturated carbocycles. The second kappa shape index (κ2) is 9.57. The molecule has 2 unspecified atom stereocenters. The first-order valence-electron chi connectivity index (χ1n) is 8.27. The molecule has 0 aromatic heterocycles. The molecular weight excluding hydrogens is 279 g/mol. The van der Waals surface area contributed by atoms with Crippen molar-refractivity contribution < 1.29 is 9.18 Å². The molecule has 0 aliphatic rings. The van der Waals surface area contributed by atoms with Crippen LogP contribution < -0.4 is 5.32 Å². The van der Waals surface area contributed by atoms with Crippen LogP contribution in [0, 0.1) is 5.82 Å². The van der Waals surface area contributed by atoms with E-state index < -0.39 is 0 Å². The van der Waals surface area contributed by atoms with Crippen molar-refractivity contribution in [1.82, 2.24) is 10.2 Å². The molecule has 0 bridgehead atoms. The average Bonchev–Trinajstić information content (AvgIpc) is 2.52. The van der Waals surface area contributed by atoms with Gasteiger partial charge in [0.2, 0.25) is 5.91 Å². The van der Waals surface area contributed by atoms with Crippen LogP contribution in [0.1, 0.15) is 52.0 Å². The van der Waals surface area contributed by atoms with Gasteiger partial charge in [-0.25, -0.2) is 4.39 Å². The van der Waals surface area contributed by atoms with Crippen molar-refractivity contribution in [3.63, 3.8) is 0 Å². The SMILES string of the molecule is CCC(CC(=O)NCC(C)N(CC)CC)c1ccc(F)cc1. The van der Waals surface area contributed by atoms with Gasteiger partial charge in [0.25, 0.3) is 0 Å². The molecule has 0 fully saturated rings. The Bertz CT molecular complexity index is 443. The van der Waals surface area contributed by atoms with Crippen molar-refractivity contribution >= 4 is 5.91 Å². The minimum atomic E-state index is -0.240. The van der Waals surface area contributed by atoms with Crippen LogP contribution in [0.3, 0.4) is 0 Å². The maximum absolute atomic E-state index is 13.0. The first-order chi connectivity index (χ1) is 10.5. The molecule has 2 atom stereocenters. The summed E-state index contributed by atoms with van der Waals surface area (Å²) in [6.45, 7) is 11.1. The molecule has 0 saturated heterocycles. The second-order valence-corrected chi connectivity index (χ2v) is 5.74. The summed E-state index contributed by atoms with van der Waals surface area (Å²) < 4.78 is 13.0. The Morgan fingerprint density at radius 2 is 1.77 bits per heavy atom. The predicted molar refractivity (Wildman–Crippen MR) is 89.4 cm³/mol. The molecule has 1 aromatic carbocycles. The number of nitrogens with one attached hydrogen (secondary N) is 1. The molecule has 1 N–H and O–H groups in total. The molecule has 0 radical (unpaired) electrons. The number of carbonyl (C=O) groups excluding carboxylic acids is 1. The van der Waals surface area contributed by atoms with Gasteiger partial charge in [0.1, 0.15) is 5.82 Å². The van der Waals surface area contributed by atoms with Gasteiger partial charge >= 0.3 is 0 Å². The fraction of sp³-hybridized carbons (Fsp3) is 0.611. The van der Waals surface area contributed by atoms with Crippen LogP contribution >= 0.6 is 0 Å². The van der Waals surface area contributed by atoms with Gasteiger partial charge in [0, 0.05) is 19.0 Å². The van der Waals surface area contributed by atoms with Crippen molar-refractivity contribution in [1.29, 1.82) is 0 Å². The van der Waals surface area contributed by atoms with Crippen LogP contribution in [0.4, 0.5) is 4.39 Å². The maximum atomic E-state index is 13.0. The predicted octanol–water partition coefficient (Wildman–Crippen LogP) is 3.56. The lowest BCUT2D eigenvalue weighted by molar-refractivity contribution is -0.121. The van der Waals surface area contributed by atoms with Gasteiger partial charge in [-0.3, -0.25) is 9.69 Å². The van der Waals surface area contributed by atoms with E-state index in [9.17, 15) is 9.18 Å². The van der Waals surface area contributed by atoms with E-state index in [4.69, 9.17) is 0 Å². The molecule has 124 valence electrons. The summed E-state index contributed by atoms with van der Waals surface area (Å²) in [7, 11) is 0. The molecule has 3 nitrogen and oxygen atoms in total. The summed E-state index contributed by atoms with van der Waals surface area (Å²) in [4.78, 5) is 14.5. The average molecular weight is 308 g/mol. The highest BCUT2D eigenvalue weighted by atomic mass is 19.1. The fourth-order valence-corrected chi connectivity index (χ4v) is 2.77. The minimum Gasteiger partial charge on any atom is -0.355 e. The lowest BCUT2D eigenvalue weighted by atomic mass is 9.93. The number of nitrogens with zero attached hydrogens (tertiary/aromatic N) is 1. The van der Waals surface area contributed by atoms with Crippen molar-refractivity contribution in [3.8, 4) is 0 Å². The van der Waals surface area contributed by atoms with Crippen LogP contribution in [0.25, 0.3) is 0 Å². The second-order valence-electron chi connectivity index (χ2n) is 5.74. The van der Waals surface area contributed by atoms with Crippen LogP contribution in [-0.4, -0.2) is 36.5 Å². The number of amides is 1. The van der Waals surface area contributed by atoms with Crippen LogP contribution in [0.2, 0.25) is 0 Å². The number of hydrogen-bond donors (Lipinski definition) is 1. The monoisotopic (exact) mass is 308 g/mol. The Morgan fingerprint density at radius 3 is 2.27 bits per heavy atom. The molecule has 4 heteroatoms. The standard InChI is InChI=1S/C18H29FN2O/c1-5-15(16-8-10-17(19)11-9-16)12-18(22)20-13-14(4)21(6-2)7-3/h8-11,14-15H,5-7,12-13H2,1-4H3,(H,20,22). The Labute approximate surface area is 133 Å². The molecular formula is C18H29FN2O. The Kier molecular flexibility index (Phi) is 8.10.